The monoisotopic (exact) mass is 410 g/mol. The number of hydrogen-bond donors (Lipinski definition) is 2. The molecular formula is C18H14F4N4O3. The number of nitrogens with one attached hydrogen (secondary N) is 2. The van der Waals surface area contributed by atoms with Gasteiger partial charge in [0.2, 0.25) is 0 Å². The molecule has 0 radical (unpaired) electrons. The van der Waals surface area contributed by atoms with E-state index in [0.717, 1.165) is 4.68 Å². The first kappa shape index (κ1) is 20.1. The molecule has 1 aromatic heterocycles. The molecule has 2 N–H and O–H groups in total. The van der Waals surface area contributed by atoms with Gasteiger partial charge in [-0.3, -0.25) is 0 Å². The number of halogens is 4. The van der Waals surface area contributed by atoms with Crippen molar-refractivity contribution in [3.05, 3.63) is 59.5 Å². The van der Waals surface area contributed by atoms with E-state index in [0.29, 0.717) is 34.8 Å². The summed E-state index contributed by atoms with van der Waals surface area (Å²) in [5.41, 5.74) is -0.666. The van der Waals surface area contributed by atoms with Gasteiger partial charge in [0, 0.05) is 17.5 Å². The minimum atomic E-state index is -4.62. The van der Waals surface area contributed by atoms with Crippen LogP contribution in [-0.4, -0.2) is 29.0 Å². The zero-order chi connectivity index (χ0) is 21.2. The van der Waals surface area contributed by atoms with Gasteiger partial charge in [-0.15, -0.1) is 0 Å². The van der Waals surface area contributed by atoms with Gasteiger partial charge in [-0.05, 0) is 30.3 Å². The highest BCUT2D eigenvalue weighted by Gasteiger charge is 2.31. The number of fused-ring (bicyclic) bond motifs is 1. The van der Waals surface area contributed by atoms with Crippen LogP contribution in [0.5, 0.6) is 0 Å². The molecule has 11 heteroatoms. The summed E-state index contributed by atoms with van der Waals surface area (Å²) in [5.74, 6) is -0.875. The van der Waals surface area contributed by atoms with E-state index in [1.54, 1.807) is 12.1 Å². The Morgan fingerprint density at radius 3 is 2.66 bits per heavy atom. The number of ether oxygens (including phenoxy) is 1. The van der Waals surface area contributed by atoms with Gasteiger partial charge in [-0.1, -0.05) is 6.07 Å². The van der Waals surface area contributed by atoms with Gasteiger partial charge in [0.05, 0.1) is 30.1 Å². The second-order valence-corrected chi connectivity index (χ2v) is 5.88. The number of urea groups is 1. The molecule has 7 nitrogen and oxygen atoms in total. The Morgan fingerprint density at radius 1 is 1.21 bits per heavy atom. The highest BCUT2D eigenvalue weighted by atomic mass is 19.4. The highest BCUT2D eigenvalue weighted by Crippen LogP contribution is 2.30. The zero-order valence-electron chi connectivity index (χ0n) is 14.9. The third-order valence-electron chi connectivity index (χ3n) is 4.02. The van der Waals surface area contributed by atoms with Crippen molar-refractivity contribution in [2.75, 3.05) is 12.4 Å². The van der Waals surface area contributed by atoms with Crippen LogP contribution in [0.3, 0.4) is 0 Å². The topological polar surface area (TPSA) is 85.2 Å². The van der Waals surface area contributed by atoms with Gasteiger partial charge in [-0.25, -0.2) is 14.0 Å². The number of anilines is 1. The SMILES string of the molecule is COC(=O)n1ncc2c(NC(=O)NCc3cc(C(F)(F)F)ccc3F)cccc21. The fourth-order valence-corrected chi connectivity index (χ4v) is 2.62. The Labute approximate surface area is 161 Å². The highest BCUT2D eigenvalue weighted by molar-refractivity contribution is 6.02. The van der Waals surface area contributed by atoms with Crippen molar-refractivity contribution in [3.8, 4) is 0 Å². The molecule has 0 saturated carbocycles. The first-order valence-electron chi connectivity index (χ1n) is 8.16. The molecule has 0 fully saturated rings. The lowest BCUT2D eigenvalue weighted by atomic mass is 10.1. The predicted molar refractivity (Wildman–Crippen MR) is 94.8 cm³/mol. The Hall–Kier alpha value is -3.63. The van der Waals surface area contributed by atoms with Crippen molar-refractivity contribution in [3.63, 3.8) is 0 Å². The van der Waals surface area contributed by atoms with E-state index in [1.165, 1.54) is 19.4 Å². The molecule has 29 heavy (non-hydrogen) atoms. The van der Waals surface area contributed by atoms with Crippen LogP contribution in [0.4, 0.5) is 32.8 Å². The van der Waals surface area contributed by atoms with Crippen LogP contribution in [-0.2, 0) is 17.5 Å². The number of benzene rings is 2. The first-order chi connectivity index (χ1) is 13.7. The summed E-state index contributed by atoms with van der Waals surface area (Å²) in [5, 5.41) is 9.10. The van der Waals surface area contributed by atoms with Crippen LogP contribution >= 0.6 is 0 Å². The summed E-state index contributed by atoms with van der Waals surface area (Å²) in [4.78, 5) is 23.8. The maximum absolute atomic E-state index is 13.8. The number of carbonyl (C=O) groups is 2. The Balaban J connectivity index is 1.74. The van der Waals surface area contributed by atoms with E-state index < -0.39 is 36.2 Å². The average Bonchev–Trinajstić information content (AvgIpc) is 3.11. The van der Waals surface area contributed by atoms with Crippen LogP contribution in [0.2, 0.25) is 0 Å². The second-order valence-electron chi connectivity index (χ2n) is 5.88. The quantitative estimate of drug-likeness (QED) is 0.636. The summed E-state index contributed by atoms with van der Waals surface area (Å²) in [6.45, 7) is -0.459. The average molecular weight is 410 g/mol. The number of rotatable bonds is 3. The smallest absolute Gasteiger partial charge is 0.434 e. The molecule has 1 heterocycles. The number of aromatic nitrogens is 2. The lowest BCUT2D eigenvalue weighted by Crippen LogP contribution is -2.28. The van der Waals surface area contributed by atoms with Crippen molar-refractivity contribution in [2.45, 2.75) is 12.7 Å². The summed E-state index contributed by atoms with van der Waals surface area (Å²) in [7, 11) is 1.19. The molecule has 2 amide bonds. The van der Waals surface area contributed by atoms with Gasteiger partial charge in [0.25, 0.3) is 0 Å². The van der Waals surface area contributed by atoms with Crippen molar-refractivity contribution < 1.29 is 31.9 Å². The largest absolute Gasteiger partial charge is 0.451 e. The Kier molecular flexibility index (Phi) is 5.39. The molecule has 0 spiro atoms. The van der Waals surface area contributed by atoms with Gasteiger partial charge < -0.3 is 15.4 Å². The van der Waals surface area contributed by atoms with Gasteiger partial charge in [0.15, 0.2) is 0 Å². The van der Waals surface area contributed by atoms with Crippen molar-refractivity contribution >= 4 is 28.7 Å². The number of alkyl halides is 3. The lowest BCUT2D eigenvalue weighted by Gasteiger charge is -2.12. The summed E-state index contributed by atoms with van der Waals surface area (Å²) in [6, 6.07) is 5.86. The van der Waals surface area contributed by atoms with Gasteiger partial charge in [0.1, 0.15) is 5.82 Å². The standard InChI is InChI=1S/C18H14F4N4O3/c1-29-17(28)26-15-4-2-3-14(12(15)9-24-26)25-16(27)23-8-10-7-11(18(20,21)22)5-6-13(10)19/h2-7,9H,8H2,1H3,(H2,23,25,27). The number of amides is 2. The normalized spacial score (nSPS) is 11.3. The predicted octanol–water partition coefficient (Wildman–Crippen LogP) is 4.13. The van der Waals surface area contributed by atoms with Crippen LogP contribution in [0.1, 0.15) is 11.1 Å². The number of methoxy groups -OCH3 is 1. The minimum Gasteiger partial charge on any atom is -0.451 e. The van der Waals surface area contributed by atoms with E-state index in [2.05, 4.69) is 20.5 Å². The number of hydrogen-bond acceptors (Lipinski definition) is 4. The van der Waals surface area contributed by atoms with E-state index in [9.17, 15) is 27.2 Å². The fraction of sp³-hybridized carbons (Fsp3) is 0.167. The van der Waals surface area contributed by atoms with Crippen molar-refractivity contribution in [2.24, 2.45) is 0 Å². The molecule has 0 aliphatic heterocycles. The maximum atomic E-state index is 13.8. The Morgan fingerprint density at radius 2 is 1.97 bits per heavy atom. The molecule has 0 aliphatic rings. The van der Waals surface area contributed by atoms with Crippen LogP contribution in [0, 0.1) is 5.82 Å². The lowest BCUT2D eigenvalue weighted by molar-refractivity contribution is -0.137. The molecule has 0 unspecified atom stereocenters. The van der Waals surface area contributed by atoms with E-state index in [-0.39, 0.29) is 5.56 Å². The van der Waals surface area contributed by atoms with E-state index in [4.69, 9.17) is 0 Å². The van der Waals surface area contributed by atoms with Crippen molar-refractivity contribution in [1.82, 2.24) is 15.1 Å². The molecule has 3 rings (SSSR count). The second kappa shape index (κ2) is 7.78. The molecule has 2 aromatic carbocycles. The van der Waals surface area contributed by atoms with Gasteiger partial charge >= 0.3 is 18.3 Å². The van der Waals surface area contributed by atoms with Crippen LogP contribution < -0.4 is 10.6 Å². The zero-order valence-corrected chi connectivity index (χ0v) is 14.9. The molecule has 0 atom stereocenters. The summed E-state index contributed by atoms with van der Waals surface area (Å²) >= 11 is 0. The summed E-state index contributed by atoms with van der Waals surface area (Å²) < 4.78 is 57.6. The molecule has 0 saturated heterocycles. The molecule has 3 aromatic rings. The van der Waals surface area contributed by atoms with E-state index in [1.807, 2.05) is 0 Å². The number of nitrogens with zero attached hydrogens (tertiary/aromatic N) is 2. The third-order valence-corrected chi connectivity index (χ3v) is 4.02. The summed E-state index contributed by atoms with van der Waals surface area (Å²) in [6.07, 6.45) is -4.00. The molecule has 152 valence electrons. The fourth-order valence-electron chi connectivity index (χ4n) is 2.62. The molecule has 0 bridgehead atoms. The van der Waals surface area contributed by atoms with Crippen molar-refractivity contribution in [1.29, 1.82) is 0 Å². The molecular weight excluding hydrogens is 396 g/mol. The van der Waals surface area contributed by atoms with E-state index >= 15 is 0 Å². The number of carbonyl (C=O) groups excluding carboxylic acids is 2. The minimum absolute atomic E-state index is 0.291. The first-order valence-corrected chi connectivity index (χ1v) is 8.16. The van der Waals surface area contributed by atoms with Gasteiger partial charge in [-0.2, -0.15) is 23.0 Å². The Bertz CT molecular complexity index is 1080. The third kappa shape index (κ3) is 4.28. The van der Waals surface area contributed by atoms with Crippen LogP contribution in [0.25, 0.3) is 10.9 Å². The maximum Gasteiger partial charge on any atom is 0.434 e. The van der Waals surface area contributed by atoms with Crippen LogP contribution in [0.15, 0.2) is 42.6 Å². The molecule has 0 aliphatic carbocycles.